The maximum atomic E-state index is 12.1. The van der Waals surface area contributed by atoms with Crippen molar-refractivity contribution in [3.05, 3.63) is 47.2 Å². The van der Waals surface area contributed by atoms with Crippen molar-refractivity contribution in [1.82, 2.24) is 19.8 Å². The molecule has 5 rings (SSSR count). The molecule has 0 atom stereocenters. The number of aromatic hydroxyl groups is 1. The summed E-state index contributed by atoms with van der Waals surface area (Å²) in [4.78, 5) is 39.6. The van der Waals surface area contributed by atoms with Gasteiger partial charge in [0.1, 0.15) is 11.6 Å². The Morgan fingerprint density at radius 3 is 2.35 bits per heavy atom. The lowest BCUT2D eigenvalue weighted by molar-refractivity contribution is -0.192. The standard InChI is InChI=1S/C29H40N6O4.C2HF3O2/c1-4-27(37)33-9-11-34(12-10-33)28-24-6-8-35(26-19-23(36)18-21(2)22(26)3)20-25(24)30-29(31-28)39-15-5-7-32-13-16-38-17-14-32;3-2(4,5)1(6)7/h4,18-19,36H,1,5-17,20H2,2-3H3;(H,6,7). The summed E-state index contributed by atoms with van der Waals surface area (Å²) in [5.41, 5.74) is 5.36. The Balaban J connectivity index is 0.000000617. The van der Waals surface area contributed by atoms with Crippen LogP contribution in [0.25, 0.3) is 0 Å². The van der Waals surface area contributed by atoms with E-state index < -0.39 is 12.1 Å². The predicted molar refractivity (Wildman–Crippen MR) is 164 cm³/mol. The largest absolute Gasteiger partial charge is 0.508 e. The summed E-state index contributed by atoms with van der Waals surface area (Å²) in [5, 5.41) is 17.4. The van der Waals surface area contributed by atoms with E-state index in [0.717, 1.165) is 86.1 Å². The average Bonchev–Trinajstić information content (AvgIpc) is 3.04. The van der Waals surface area contributed by atoms with Gasteiger partial charge in [-0.15, -0.1) is 0 Å². The summed E-state index contributed by atoms with van der Waals surface area (Å²) in [5.74, 6) is -1.60. The summed E-state index contributed by atoms with van der Waals surface area (Å²) >= 11 is 0. The van der Waals surface area contributed by atoms with Crippen LogP contribution in [0.4, 0.5) is 24.7 Å². The van der Waals surface area contributed by atoms with Crippen LogP contribution in [0.3, 0.4) is 0 Å². The molecule has 12 nitrogen and oxygen atoms in total. The number of ether oxygens (including phenoxy) is 2. The molecule has 0 unspecified atom stereocenters. The number of hydrogen-bond donors (Lipinski definition) is 2. The number of halogens is 3. The highest BCUT2D eigenvalue weighted by Gasteiger charge is 2.38. The topological polar surface area (TPSA) is 132 Å². The van der Waals surface area contributed by atoms with Crippen molar-refractivity contribution < 1.29 is 42.4 Å². The van der Waals surface area contributed by atoms with Gasteiger partial charge in [-0.2, -0.15) is 23.1 Å². The fourth-order valence-corrected chi connectivity index (χ4v) is 5.61. The fraction of sp³-hybridized carbons (Fsp3) is 0.548. The number of phenols is 1. The molecule has 46 heavy (non-hydrogen) atoms. The summed E-state index contributed by atoms with van der Waals surface area (Å²) in [6.07, 6.45) is -2.02. The fourth-order valence-electron chi connectivity index (χ4n) is 5.61. The van der Waals surface area contributed by atoms with E-state index in [1.54, 1.807) is 6.07 Å². The number of benzene rings is 1. The van der Waals surface area contributed by atoms with Crippen LogP contribution in [0.5, 0.6) is 11.8 Å². The lowest BCUT2D eigenvalue weighted by Crippen LogP contribution is -2.49. The third kappa shape index (κ3) is 9.00. The third-order valence-electron chi connectivity index (χ3n) is 8.25. The summed E-state index contributed by atoms with van der Waals surface area (Å²) in [7, 11) is 0. The summed E-state index contributed by atoms with van der Waals surface area (Å²) in [6, 6.07) is 4.05. The maximum absolute atomic E-state index is 12.1. The van der Waals surface area contributed by atoms with Crippen molar-refractivity contribution >= 4 is 23.4 Å². The SMILES string of the molecule is C=CC(=O)N1CCN(c2nc(OCCCN3CCOCC3)nc3c2CCN(c2cc(O)cc(C)c2C)C3)CC1.O=C(O)C(F)(F)F. The minimum atomic E-state index is -5.08. The van der Waals surface area contributed by atoms with E-state index in [-0.39, 0.29) is 11.7 Å². The second kappa shape index (κ2) is 15.5. The van der Waals surface area contributed by atoms with Crippen LogP contribution in [0.2, 0.25) is 0 Å². The zero-order valence-electron chi connectivity index (χ0n) is 26.2. The molecule has 0 bridgehead atoms. The first-order valence-electron chi connectivity index (χ1n) is 15.2. The number of carboxylic acid groups (broad SMARTS) is 1. The van der Waals surface area contributed by atoms with Gasteiger partial charge in [0.15, 0.2) is 0 Å². The van der Waals surface area contributed by atoms with Crippen LogP contribution in [0.1, 0.15) is 28.8 Å². The number of fused-ring (bicyclic) bond motifs is 1. The quantitative estimate of drug-likeness (QED) is 0.323. The van der Waals surface area contributed by atoms with Gasteiger partial charge in [0.05, 0.1) is 32.1 Å². The van der Waals surface area contributed by atoms with E-state index in [1.807, 2.05) is 17.9 Å². The van der Waals surface area contributed by atoms with Crippen molar-refractivity contribution in [2.45, 2.75) is 39.4 Å². The second-order valence-corrected chi connectivity index (χ2v) is 11.3. The number of nitrogens with zero attached hydrogens (tertiary/aromatic N) is 6. The van der Waals surface area contributed by atoms with Gasteiger partial charge in [-0.3, -0.25) is 9.69 Å². The number of alkyl halides is 3. The van der Waals surface area contributed by atoms with E-state index in [4.69, 9.17) is 29.3 Å². The van der Waals surface area contributed by atoms with Crippen molar-refractivity contribution in [2.24, 2.45) is 0 Å². The number of aryl methyl sites for hydroxylation is 1. The predicted octanol–water partition coefficient (Wildman–Crippen LogP) is 2.93. The Hall–Kier alpha value is -4.11. The first-order chi connectivity index (χ1) is 21.9. The molecule has 2 saturated heterocycles. The van der Waals surface area contributed by atoms with Gasteiger partial charge in [-0.05, 0) is 50.0 Å². The smallest absolute Gasteiger partial charge is 0.490 e. The zero-order valence-corrected chi connectivity index (χ0v) is 26.2. The number of rotatable bonds is 8. The van der Waals surface area contributed by atoms with Crippen molar-refractivity contribution in [2.75, 3.05) is 82.0 Å². The van der Waals surface area contributed by atoms with Gasteiger partial charge in [-0.25, -0.2) is 4.79 Å². The van der Waals surface area contributed by atoms with Crippen molar-refractivity contribution in [3.63, 3.8) is 0 Å². The molecule has 2 aromatic rings. The number of hydrogen-bond acceptors (Lipinski definition) is 10. The molecule has 15 heteroatoms. The number of amides is 1. The van der Waals surface area contributed by atoms with Gasteiger partial charge in [0.2, 0.25) is 5.91 Å². The molecule has 1 amide bonds. The number of morpholine rings is 1. The Morgan fingerprint density at radius 1 is 1.04 bits per heavy atom. The number of carbonyl (C=O) groups is 2. The highest BCUT2D eigenvalue weighted by molar-refractivity contribution is 5.87. The van der Waals surface area contributed by atoms with Crippen LogP contribution >= 0.6 is 0 Å². The molecule has 252 valence electrons. The van der Waals surface area contributed by atoms with Gasteiger partial charge < -0.3 is 34.4 Å². The minimum absolute atomic E-state index is 0.0314. The van der Waals surface area contributed by atoms with E-state index in [9.17, 15) is 23.1 Å². The molecule has 0 spiro atoms. The molecule has 4 heterocycles. The Morgan fingerprint density at radius 2 is 1.72 bits per heavy atom. The van der Waals surface area contributed by atoms with Crippen LogP contribution in [0.15, 0.2) is 24.8 Å². The molecule has 2 fully saturated rings. The number of aromatic nitrogens is 2. The van der Waals surface area contributed by atoms with E-state index in [0.29, 0.717) is 45.3 Å². The van der Waals surface area contributed by atoms with Crippen LogP contribution in [-0.2, 0) is 27.3 Å². The van der Waals surface area contributed by atoms with E-state index in [2.05, 4.69) is 28.2 Å². The molecule has 0 radical (unpaired) electrons. The minimum Gasteiger partial charge on any atom is -0.508 e. The van der Waals surface area contributed by atoms with Crippen LogP contribution in [0, 0.1) is 13.8 Å². The highest BCUT2D eigenvalue weighted by atomic mass is 19.4. The monoisotopic (exact) mass is 650 g/mol. The van der Waals surface area contributed by atoms with E-state index in [1.165, 1.54) is 6.08 Å². The molecular formula is C31H41F3N6O6. The lowest BCUT2D eigenvalue weighted by atomic mass is 10.0. The second-order valence-electron chi connectivity index (χ2n) is 11.3. The van der Waals surface area contributed by atoms with Crippen LogP contribution in [-0.4, -0.2) is 120 Å². The lowest BCUT2D eigenvalue weighted by Gasteiger charge is -2.38. The molecule has 0 saturated carbocycles. The average molecular weight is 651 g/mol. The molecule has 1 aromatic heterocycles. The first-order valence-corrected chi connectivity index (χ1v) is 15.2. The molecule has 2 N–H and O–H groups in total. The zero-order chi connectivity index (χ0) is 33.4. The number of aliphatic carboxylic acids is 1. The molecule has 0 aliphatic carbocycles. The molecular weight excluding hydrogens is 609 g/mol. The molecule has 1 aromatic carbocycles. The van der Waals surface area contributed by atoms with Gasteiger partial charge in [0.25, 0.3) is 0 Å². The summed E-state index contributed by atoms with van der Waals surface area (Å²) < 4.78 is 43.3. The highest BCUT2D eigenvalue weighted by Crippen LogP contribution is 2.35. The third-order valence-corrected chi connectivity index (χ3v) is 8.25. The number of piperazine rings is 1. The van der Waals surface area contributed by atoms with E-state index >= 15 is 0 Å². The number of carboxylic acids is 1. The molecule has 3 aliphatic heterocycles. The number of phenolic OH excluding ortho intramolecular Hbond substituents is 1. The normalized spacial score (nSPS) is 17.1. The summed E-state index contributed by atoms with van der Waals surface area (Å²) in [6.45, 7) is 16.9. The van der Waals surface area contributed by atoms with Crippen LogP contribution < -0.4 is 14.5 Å². The van der Waals surface area contributed by atoms with Crippen molar-refractivity contribution in [3.8, 4) is 11.8 Å². The van der Waals surface area contributed by atoms with Gasteiger partial charge in [-0.1, -0.05) is 6.58 Å². The molecule has 3 aliphatic rings. The Bertz CT molecular complexity index is 1390. The van der Waals surface area contributed by atoms with Gasteiger partial charge >= 0.3 is 18.2 Å². The Kier molecular flexibility index (Phi) is 11.7. The Labute approximate surface area is 266 Å². The maximum Gasteiger partial charge on any atom is 0.490 e. The first kappa shape index (κ1) is 34.8. The number of anilines is 2. The van der Waals surface area contributed by atoms with Gasteiger partial charge in [0, 0.05) is 69.7 Å². The van der Waals surface area contributed by atoms with Crippen molar-refractivity contribution in [1.29, 1.82) is 0 Å². The number of carbonyl (C=O) groups excluding carboxylic acids is 1.